The van der Waals surface area contributed by atoms with E-state index in [0.717, 1.165) is 26.0 Å². The molecule has 0 amide bonds. The quantitative estimate of drug-likeness (QED) is 0.850. The average Bonchev–Trinajstić information content (AvgIpc) is 3.07. The molecular weight excluding hydrogens is 256 g/mol. The van der Waals surface area contributed by atoms with Crippen LogP contribution in [-0.2, 0) is 23.1 Å². The van der Waals surface area contributed by atoms with Gasteiger partial charge in [-0.2, -0.15) is 0 Å². The predicted molar refractivity (Wildman–Crippen MR) is 77.5 cm³/mol. The number of nitrogens with zero attached hydrogens (tertiary/aromatic N) is 1. The first kappa shape index (κ1) is 12.8. The number of hydrogen-bond acceptors (Lipinski definition) is 4. The van der Waals surface area contributed by atoms with Crippen LogP contribution in [0.25, 0.3) is 0 Å². The van der Waals surface area contributed by atoms with Gasteiger partial charge < -0.3 is 10.1 Å². The molecule has 1 aromatic heterocycles. The second kappa shape index (κ2) is 5.41. The van der Waals surface area contributed by atoms with Crippen molar-refractivity contribution in [2.24, 2.45) is 0 Å². The Kier molecular flexibility index (Phi) is 3.64. The van der Waals surface area contributed by atoms with Crippen molar-refractivity contribution in [3.63, 3.8) is 0 Å². The van der Waals surface area contributed by atoms with Crippen LogP contribution in [0.4, 0.5) is 0 Å². The van der Waals surface area contributed by atoms with Crippen LogP contribution in [0.5, 0.6) is 0 Å². The fraction of sp³-hybridized carbons (Fsp3) is 0.400. The van der Waals surface area contributed by atoms with E-state index in [1.807, 2.05) is 6.20 Å². The summed E-state index contributed by atoms with van der Waals surface area (Å²) in [6.45, 7) is 1.58. The fourth-order valence-corrected chi connectivity index (χ4v) is 3.63. The van der Waals surface area contributed by atoms with Crippen LogP contribution >= 0.6 is 11.3 Å². The maximum atomic E-state index is 5.16. The zero-order valence-corrected chi connectivity index (χ0v) is 11.9. The third kappa shape index (κ3) is 2.43. The number of fused-ring (bicyclic) bond motifs is 1. The van der Waals surface area contributed by atoms with Crippen molar-refractivity contribution in [3.05, 3.63) is 52.0 Å². The van der Waals surface area contributed by atoms with Crippen molar-refractivity contribution in [2.45, 2.75) is 18.4 Å². The summed E-state index contributed by atoms with van der Waals surface area (Å²) in [5.74, 6) is 0. The predicted octanol–water partition coefficient (Wildman–Crippen LogP) is 2.37. The number of benzene rings is 1. The van der Waals surface area contributed by atoms with Crippen molar-refractivity contribution in [1.29, 1.82) is 0 Å². The van der Waals surface area contributed by atoms with Gasteiger partial charge in [0.1, 0.15) is 5.01 Å². The number of hydrogen-bond donors (Lipinski definition) is 1. The number of rotatable bonds is 5. The monoisotopic (exact) mass is 274 g/mol. The molecule has 0 fully saturated rings. The molecule has 0 bridgehead atoms. The Labute approximate surface area is 117 Å². The highest BCUT2D eigenvalue weighted by atomic mass is 32.1. The third-order valence-corrected chi connectivity index (χ3v) is 4.69. The molecule has 0 atom stereocenters. The molecule has 3 nitrogen and oxygen atoms in total. The van der Waals surface area contributed by atoms with Crippen LogP contribution in [0.15, 0.2) is 35.8 Å². The van der Waals surface area contributed by atoms with E-state index in [0.29, 0.717) is 0 Å². The average molecular weight is 274 g/mol. The molecule has 0 saturated carbocycles. The third-order valence-electron chi connectivity index (χ3n) is 3.71. The summed E-state index contributed by atoms with van der Waals surface area (Å²) in [6, 6.07) is 8.68. The molecule has 3 rings (SSSR count). The molecule has 1 aromatic carbocycles. The number of thiazole rings is 1. The molecule has 1 heterocycles. The second-order valence-electron chi connectivity index (χ2n) is 4.96. The maximum absolute atomic E-state index is 5.16. The Bertz CT molecular complexity index is 514. The molecule has 0 unspecified atom stereocenters. The highest BCUT2D eigenvalue weighted by Gasteiger charge is 2.40. The van der Waals surface area contributed by atoms with Crippen LogP contribution in [0, 0.1) is 0 Å². The second-order valence-corrected chi connectivity index (χ2v) is 5.86. The number of nitrogens with one attached hydrogen (secondary N) is 1. The molecular formula is C15H18N2OS. The van der Waals surface area contributed by atoms with E-state index in [1.165, 1.54) is 16.1 Å². The molecule has 100 valence electrons. The lowest BCUT2D eigenvalue weighted by molar-refractivity contribution is 0.184. The molecule has 1 N–H and O–H groups in total. The summed E-state index contributed by atoms with van der Waals surface area (Å²) < 4.78 is 5.16. The summed E-state index contributed by atoms with van der Waals surface area (Å²) in [5, 5.41) is 6.90. The van der Waals surface area contributed by atoms with Gasteiger partial charge >= 0.3 is 0 Å². The summed E-state index contributed by atoms with van der Waals surface area (Å²) in [7, 11) is 1.74. The van der Waals surface area contributed by atoms with Crippen LogP contribution in [0.2, 0.25) is 0 Å². The van der Waals surface area contributed by atoms with Gasteiger partial charge in [-0.25, -0.2) is 4.98 Å². The van der Waals surface area contributed by atoms with Gasteiger partial charge in [0, 0.05) is 25.2 Å². The molecule has 1 aliphatic rings. The van der Waals surface area contributed by atoms with Crippen molar-refractivity contribution < 1.29 is 4.74 Å². The van der Waals surface area contributed by atoms with Gasteiger partial charge in [0.15, 0.2) is 0 Å². The van der Waals surface area contributed by atoms with E-state index in [-0.39, 0.29) is 5.54 Å². The molecule has 1 aliphatic carbocycles. The maximum Gasteiger partial charge on any atom is 0.113 e. The minimum Gasteiger partial charge on any atom is -0.383 e. The summed E-state index contributed by atoms with van der Waals surface area (Å²) >= 11 is 1.73. The van der Waals surface area contributed by atoms with Crippen molar-refractivity contribution >= 4 is 11.3 Å². The van der Waals surface area contributed by atoms with Gasteiger partial charge in [-0.3, -0.25) is 0 Å². The summed E-state index contributed by atoms with van der Waals surface area (Å²) in [6.07, 6.45) is 3.92. The standard InChI is InChI=1S/C15H18N2OS/c1-18-8-6-17-15(14-16-7-9-19-14)10-12-4-2-3-5-13(12)11-15/h2-5,7,9,17H,6,8,10-11H2,1H3. The lowest BCUT2D eigenvalue weighted by Gasteiger charge is -2.28. The van der Waals surface area contributed by atoms with Crippen LogP contribution < -0.4 is 5.32 Å². The summed E-state index contributed by atoms with van der Waals surface area (Å²) in [5.41, 5.74) is 2.82. The van der Waals surface area contributed by atoms with Gasteiger partial charge in [-0.15, -0.1) is 11.3 Å². The van der Waals surface area contributed by atoms with Crippen molar-refractivity contribution in [1.82, 2.24) is 10.3 Å². The molecule has 0 radical (unpaired) electrons. The molecule has 0 aliphatic heterocycles. The van der Waals surface area contributed by atoms with Crippen molar-refractivity contribution in [3.8, 4) is 0 Å². The van der Waals surface area contributed by atoms with Crippen LogP contribution in [0.3, 0.4) is 0 Å². The van der Waals surface area contributed by atoms with E-state index in [4.69, 9.17) is 4.74 Å². The lowest BCUT2D eigenvalue weighted by Crippen LogP contribution is -2.44. The Morgan fingerprint density at radius 3 is 2.63 bits per heavy atom. The first-order valence-electron chi connectivity index (χ1n) is 6.55. The van der Waals surface area contributed by atoms with E-state index in [1.54, 1.807) is 18.4 Å². The van der Waals surface area contributed by atoms with Gasteiger partial charge in [0.25, 0.3) is 0 Å². The Balaban J connectivity index is 1.88. The molecule has 19 heavy (non-hydrogen) atoms. The number of ether oxygens (including phenoxy) is 1. The van der Waals surface area contributed by atoms with E-state index in [9.17, 15) is 0 Å². The van der Waals surface area contributed by atoms with Crippen LogP contribution in [0.1, 0.15) is 16.1 Å². The molecule has 2 aromatic rings. The summed E-state index contributed by atoms with van der Waals surface area (Å²) in [4.78, 5) is 4.55. The Morgan fingerprint density at radius 2 is 2.05 bits per heavy atom. The topological polar surface area (TPSA) is 34.1 Å². The molecule has 0 spiro atoms. The number of aromatic nitrogens is 1. The first-order valence-corrected chi connectivity index (χ1v) is 7.43. The van der Waals surface area contributed by atoms with Gasteiger partial charge in [0.05, 0.1) is 12.1 Å². The Hall–Kier alpha value is -1.23. The highest BCUT2D eigenvalue weighted by Crippen LogP contribution is 2.38. The highest BCUT2D eigenvalue weighted by molar-refractivity contribution is 7.09. The zero-order valence-electron chi connectivity index (χ0n) is 11.1. The first-order chi connectivity index (χ1) is 9.34. The zero-order chi connectivity index (χ0) is 13.1. The fourth-order valence-electron chi connectivity index (χ4n) is 2.82. The minimum absolute atomic E-state index is 0.0453. The van der Waals surface area contributed by atoms with Gasteiger partial charge in [0.2, 0.25) is 0 Å². The van der Waals surface area contributed by atoms with Gasteiger partial charge in [-0.1, -0.05) is 24.3 Å². The number of methoxy groups -OCH3 is 1. The minimum atomic E-state index is -0.0453. The SMILES string of the molecule is COCCNC1(c2nccs2)Cc2ccccc2C1. The van der Waals surface area contributed by atoms with E-state index < -0.39 is 0 Å². The Morgan fingerprint density at radius 1 is 1.32 bits per heavy atom. The largest absolute Gasteiger partial charge is 0.383 e. The van der Waals surface area contributed by atoms with Crippen LogP contribution in [-0.4, -0.2) is 25.2 Å². The van der Waals surface area contributed by atoms with E-state index in [2.05, 4.69) is 39.9 Å². The normalized spacial score (nSPS) is 16.5. The smallest absolute Gasteiger partial charge is 0.113 e. The molecule has 0 saturated heterocycles. The molecule has 4 heteroatoms. The van der Waals surface area contributed by atoms with Gasteiger partial charge in [-0.05, 0) is 24.0 Å². The lowest BCUT2D eigenvalue weighted by atomic mass is 9.96. The van der Waals surface area contributed by atoms with E-state index >= 15 is 0 Å². The van der Waals surface area contributed by atoms with Crippen molar-refractivity contribution in [2.75, 3.05) is 20.3 Å².